The van der Waals surface area contributed by atoms with Gasteiger partial charge in [-0.2, -0.15) is 0 Å². The van der Waals surface area contributed by atoms with E-state index in [0.29, 0.717) is 17.7 Å². The number of nitrogens with two attached hydrogens (primary N) is 1. The highest BCUT2D eigenvalue weighted by atomic mass is 32.2. The van der Waals surface area contributed by atoms with Crippen molar-refractivity contribution in [3.05, 3.63) is 29.3 Å². The molecule has 5 nitrogen and oxygen atoms in total. The Hall–Kier alpha value is -1.40. The molecule has 1 amide bonds. The van der Waals surface area contributed by atoms with Gasteiger partial charge in [-0.1, -0.05) is 6.07 Å². The molecule has 0 saturated carbocycles. The molecule has 0 aliphatic heterocycles. The number of rotatable bonds is 4. The second-order valence-corrected chi connectivity index (χ2v) is 6.35. The molecule has 6 heteroatoms. The molecule has 0 aliphatic carbocycles. The van der Waals surface area contributed by atoms with Gasteiger partial charge in [0.1, 0.15) is 0 Å². The highest BCUT2D eigenvalue weighted by Crippen LogP contribution is 2.17. The molecule has 0 aromatic heterocycles. The number of amides is 1. The summed E-state index contributed by atoms with van der Waals surface area (Å²) in [5, 5.41) is 2.69. The molecule has 0 aliphatic rings. The molecule has 100 valence electrons. The SMILES string of the molecule is Cc1ccc(C(=O)N[C@@H](C)CN)cc1S(C)(=O)=O. The van der Waals surface area contributed by atoms with Gasteiger partial charge in [0.2, 0.25) is 0 Å². The van der Waals surface area contributed by atoms with Gasteiger partial charge in [0.25, 0.3) is 5.91 Å². The molecule has 1 aromatic carbocycles. The largest absolute Gasteiger partial charge is 0.348 e. The van der Waals surface area contributed by atoms with Gasteiger partial charge in [-0.15, -0.1) is 0 Å². The molecule has 0 bridgehead atoms. The molecule has 0 spiro atoms. The molecule has 1 rings (SSSR count). The van der Waals surface area contributed by atoms with E-state index in [-0.39, 0.29) is 16.8 Å². The monoisotopic (exact) mass is 270 g/mol. The summed E-state index contributed by atoms with van der Waals surface area (Å²) in [5.41, 5.74) is 6.36. The summed E-state index contributed by atoms with van der Waals surface area (Å²) in [7, 11) is -3.33. The van der Waals surface area contributed by atoms with Crippen LogP contribution in [0.5, 0.6) is 0 Å². The minimum Gasteiger partial charge on any atom is -0.348 e. The standard InChI is InChI=1S/C12H18N2O3S/c1-8-4-5-10(6-11(8)18(3,16)17)12(15)14-9(2)7-13/h4-6,9H,7,13H2,1-3H3,(H,14,15)/t9-/m0/s1. The second-order valence-electron chi connectivity index (χ2n) is 4.36. The maximum Gasteiger partial charge on any atom is 0.251 e. The van der Waals surface area contributed by atoms with E-state index in [1.807, 2.05) is 0 Å². The van der Waals surface area contributed by atoms with Crippen LogP contribution in [0.2, 0.25) is 0 Å². The summed E-state index contributed by atoms with van der Waals surface area (Å²) in [4.78, 5) is 12.0. The fraction of sp³-hybridized carbons (Fsp3) is 0.417. The molecule has 0 radical (unpaired) electrons. The van der Waals surface area contributed by atoms with Gasteiger partial charge in [-0.05, 0) is 31.5 Å². The topological polar surface area (TPSA) is 89.3 Å². The summed E-state index contributed by atoms with van der Waals surface area (Å²) in [6, 6.07) is 4.46. The van der Waals surface area contributed by atoms with Crippen molar-refractivity contribution in [3.63, 3.8) is 0 Å². The summed E-state index contributed by atoms with van der Waals surface area (Å²) in [5.74, 6) is -0.321. The van der Waals surface area contributed by atoms with Gasteiger partial charge in [0, 0.05) is 24.4 Å². The number of hydrogen-bond donors (Lipinski definition) is 2. The van der Waals surface area contributed by atoms with Gasteiger partial charge in [0.05, 0.1) is 4.90 Å². The Labute approximate surface area is 107 Å². The Bertz CT molecular complexity index is 552. The van der Waals surface area contributed by atoms with Crippen LogP contribution in [0.25, 0.3) is 0 Å². The average molecular weight is 270 g/mol. The smallest absolute Gasteiger partial charge is 0.251 e. The quantitative estimate of drug-likeness (QED) is 0.832. The third kappa shape index (κ3) is 3.54. The van der Waals surface area contributed by atoms with Gasteiger partial charge < -0.3 is 11.1 Å². The maximum absolute atomic E-state index is 11.8. The first kappa shape index (κ1) is 14.7. The van der Waals surface area contributed by atoms with Crippen molar-refractivity contribution in [3.8, 4) is 0 Å². The van der Waals surface area contributed by atoms with E-state index >= 15 is 0 Å². The minimum absolute atomic E-state index is 0.152. The summed E-state index contributed by atoms with van der Waals surface area (Å²) in [6.07, 6.45) is 1.12. The Morgan fingerprint density at radius 3 is 2.56 bits per heavy atom. The molecule has 1 atom stereocenters. The van der Waals surface area contributed by atoms with Crippen LogP contribution in [0.1, 0.15) is 22.8 Å². The Balaban J connectivity index is 3.10. The average Bonchev–Trinajstić information content (AvgIpc) is 2.27. The summed E-state index contributed by atoms with van der Waals surface area (Å²) in [6.45, 7) is 3.81. The Kier molecular flexibility index (Phi) is 4.48. The number of carbonyl (C=O) groups is 1. The predicted molar refractivity (Wildman–Crippen MR) is 70.3 cm³/mol. The van der Waals surface area contributed by atoms with Crippen molar-refractivity contribution in [1.82, 2.24) is 5.32 Å². The molecule has 0 fully saturated rings. The van der Waals surface area contributed by atoms with E-state index in [1.54, 1.807) is 26.0 Å². The molecular weight excluding hydrogens is 252 g/mol. The van der Waals surface area contributed by atoms with Gasteiger partial charge in [-0.3, -0.25) is 4.79 Å². The number of sulfone groups is 1. The molecule has 0 unspecified atom stereocenters. The summed E-state index contributed by atoms with van der Waals surface area (Å²) >= 11 is 0. The van der Waals surface area contributed by atoms with E-state index in [9.17, 15) is 13.2 Å². The highest BCUT2D eigenvalue weighted by molar-refractivity contribution is 7.90. The van der Waals surface area contributed by atoms with Crippen LogP contribution in [-0.4, -0.2) is 33.2 Å². The van der Waals surface area contributed by atoms with Crippen LogP contribution in [-0.2, 0) is 9.84 Å². The number of benzene rings is 1. The molecule has 1 aromatic rings. The van der Waals surface area contributed by atoms with Gasteiger partial charge in [-0.25, -0.2) is 8.42 Å². The third-order valence-electron chi connectivity index (χ3n) is 2.58. The lowest BCUT2D eigenvalue weighted by atomic mass is 10.1. The Morgan fingerprint density at radius 2 is 2.06 bits per heavy atom. The van der Waals surface area contributed by atoms with Crippen molar-refractivity contribution in [2.75, 3.05) is 12.8 Å². The van der Waals surface area contributed by atoms with E-state index in [1.165, 1.54) is 6.07 Å². The third-order valence-corrected chi connectivity index (χ3v) is 3.82. The summed E-state index contributed by atoms with van der Waals surface area (Å²) < 4.78 is 23.1. The zero-order valence-corrected chi connectivity index (χ0v) is 11.5. The molecule has 0 heterocycles. The second kappa shape index (κ2) is 5.49. The fourth-order valence-corrected chi connectivity index (χ4v) is 2.50. The Morgan fingerprint density at radius 1 is 1.44 bits per heavy atom. The van der Waals surface area contributed by atoms with Crippen LogP contribution in [0.4, 0.5) is 0 Å². The van der Waals surface area contributed by atoms with Crippen molar-refractivity contribution >= 4 is 15.7 Å². The lowest BCUT2D eigenvalue weighted by Crippen LogP contribution is -2.37. The van der Waals surface area contributed by atoms with Crippen molar-refractivity contribution < 1.29 is 13.2 Å². The van der Waals surface area contributed by atoms with Crippen LogP contribution >= 0.6 is 0 Å². The first-order chi connectivity index (χ1) is 8.25. The predicted octanol–water partition coefficient (Wildman–Crippen LogP) is 0.476. The molecule has 0 saturated heterocycles. The number of carbonyl (C=O) groups excluding carboxylic acids is 1. The molecule has 3 N–H and O–H groups in total. The zero-order valence-electron chi connectivity index (χ0n) is 10.7. The lowest BCUT2D eigenvalue weighted by Gasteiger charge is -2.12. The minimum atomic E-state index is -3.33. The highest BCUT2D eigenvalue weighted by Gasteiger charge is 2.15. The molecule has 18 heavy (non-hydrogen) atoms. The fourth-order valence-electron chi connectivity index (χ4n) is 1.51. The van der Waals surface area contributed by atoms with E-state index in [0.717, 1.165) is 6.26 Å². The molecular formula is C12H18N2O3S. The normalized spacial score (nSPS) is 13.1. The zero-order chi connectivity index (χ0) is 13.9. The van der Waals surface area contributed by atoms with E-state index in [4.69, 9.17) is 5.73 Å². The first-order valence-electron chi connectivity index (χ1n) is 5.57. The van der Waals surface area contributed by atoms with Crippen molar-refractivity contribution in [1.29, 1.82) is 0 Å². The number of hydrogen-bond acceptors (Lipinski definition) is 4. The maximum atomic E-state index is 11.8. The van der Waals surface area contributed by atoms with E-state index < -0.39 is 9.84 Å². The first-order valence-corrected chi connectivity index (χ1v) is 7.46. The van der Waals surface area contributed by atoms with Crippen molar-refractivity contribution in [2.24, 2.45) is 5.73 Å². The number of aryl methyl sites for hydroxylation is 1. The van der Waals surface area contributed by atoms with Crippen LogP contribution in [0.3, 0.4) is 0 Å². The van der Waals surface area contributed by atoms with Gasteiger partial charge >= 0.3 is 0 Å². The van der Waals surface area contributed by atoms with Crippen LogP contribution in [0.15, 0.2) is 23.1 Å². The lowest BCUT2D eigenvalue weighted by molar-refractivity contribution is 0.0941. The van der Waals surface area contributed by atoms with Crippen LogP contribution in [0, 0.1) is 6.92 Å². The van der Waals surface area contributed by atoms with Crippen LogP contribution < -0.4 is 11.1 Å². The number of nitrogens with one attached hydrogen (secondary N) is 1. The van der Waals surface area contributed by atoms with Gasteiger partial charge in [0.15, 0.2) is 9.84 Å². The van der Waals surface area contributed by atoms with Crippen molar-refractivity contribution in [2.45, 2.75) is 24.8 Å². The van der Waals surface area contributed by atoms with E-state index in [2.05, 4.69) is 5.32 Å².